The van der Waals surface area contributed by atoms with Gasteiger partial charge in [0.1, 0.15) is 17.3 Å². The molecule has 2 aromatic rings. The molecular formula is C23H35N3O2. The molecule has 0 saturated carbocycles. The minimum absolute atomic E-state index is 0.00939. The van der Waals surface area contributed by atoms with E-state index in [1.54, 1.807) is 7.11 Å². The van der Waals surface area contributed by atoms with E-state index in [0.717, 1.165) is 59.8 Å². The summed E-state index contributed by atoms with van der Waals surface area (Å²) < 4.78 is 7.49. The molecule has 0 aliphatic heterocycles. The van der Waals surface area contributed by atoms with E-state index in [9.17, 15) is 4.79 Å². The number of hydrogen-bond acceptors (Lipinski definition) is 4. The largest absolute Gasteiger partial charge is 0.496 e. The van der Waals surface area contributed by atoms with Crippen LogP contribution in [-0.4, -0.2) is 29.8 Å². The lowest BCUT2D eigenvalue weighted by Crippen LogP contribution is -2.36. The van der Waals surface area contributed by atoms with Gasteiger partial charge in [0, 0.05) is 19.1 Å². The molecule has 5 heteroatoms. The number of rotatable bonds is 8. The van der Waals surface area contributed by atoms with Gasteiger partial charge in [-0.1, -0.05) is 19.9 Å². The predicted octanol–water partition coefficient (Wildman–Crippen LogP) is 5.05. The standard InChI is InChI=1S/C23H35N3O2/c1-9-11-25(12-10-2)21-18(7)24-22(26(15(3)4)23(21)27)20-17(6)13-16(5)14-19(20)28-8/h13-15H,9-12H2,1-8H3. The number of aryl methyl sites for hydroxylation is 3. The molecule has 2 rings (SSSR count). The van der Waals surface area contributed by atoms with Crippen LogP contribution in [0.15, 0.2) is 16.9 Å². The van der Waals surface area contributed by atoms with Crippen molar-refractivity contribution in [3.05, 3.63) is 39.3 Å². The topological polar surface area (TPSA) is 47.4 Å². The Balaban J connectivity index is 2.85. The highest BCUT2D eigenvalue weighted by Crippen LogP contribution is 2.34. The van der Waals surface area contributed by atoms with E-state index < -0.39 is 0 Å². The van der Waals surface area contributed by atoms with Crippen molar-refractivity contribution in [2.75, 3.05) is 25.1 Å². The van der Waals surface area contributed by atoms with Crippen LogP contribution in [0.3, 0.4) is 0 Å². The highest BCUT2D eigenvalue weighted by molar-refractivity contribution is 5.71. The number of nitrogens with zero attached hydrogens (tertiary/aromatic N) is 3. The van der Waals surface area contributed by atoms with Crippen LogP contribution >= 0.6 is 0 Å². The zero-order valence-corrected chi connectivity index (χ0v) is 18.7. The average Bonchev–Trinajstić information content (AvgIpc) is 2.60. The average molecular weight is 386 g/mol. The highest BCUT2D eigenvalue weighted by atomic mass is 16.5. The molecule has 0 bridgehead atoms. The van der Waals surface area contributed by atoms with Gasteiger partial charge in [-0.25, -0.2) is 4.98 Å². The van der Waals surface area contributed by atoms with Crippen molar-refractivity contribution in [2.24, 2.45) is 0 Å². The number of hydrogen-bond donors (Lipinski definition) is 0. The fourth-order valence-corrected chi connectivity index (χ4v) is 3.90. The molecule has 1 aromatic heterocycles. The summed E-state index contributed by atoms with van der Waals surface area (Å²) in [5, 5.41) is 0. The Kier molecular flexibility index (Phi) is 7.28. The van der Waals surface area contributed by atoms with Crippen molar-refractivity contribution < 1.29 is 4.74 Å². The second kappa shape index (κ2) is 9.26. The Morgan fingerprint density at radius 2 is 1.71 bits per heavy atom. The smallest absolute Gasteiger partial charge is 0.277 e. The molecule has 1 heterocycles. The molecule has 0 N–H and O–H groups in total. The first-order valence-corrected chi connectivity index (χ1v) is 10.3. The van der Waals surface area contributed by atoms with Crippen molar-refractivity contribution in [3.8, 4) is 17.1 Å². The van der Waals surface area contributed by atoms with E-state index in [4.69, 9.17) is 9.72 Å². The molecule has 0 spiro atoms. The predicted molar refractivity (Wildman–Crippen MR) is 118 cm³/mol. The zero-order chi connectivity index (χ0) is 21.0. The van der Waals surface area contributed by atoms with Crippen LogP contribution in [0.2, 0.25) is 0 Å². The monoisotopic (exact) mass is 385 g/mol. The van der Waals surface area contributed by atoms with Crippen LogP contribution < -0.4 is 15.2 Å². The molecule has 0 saturated heterocycles. The van der Waals surface area contributed by atoms with Gasteiger partial charge in [-0.15, -0.1) is 0 Å². The Morgan fingerprint density at radius 3 is 2.21 bits per heavy atom. The van der Waals surface area contributed by atoms with Gasteiger partial charge in [0.15, 0.2) is 0 Å². The lowest BCUT2D eigenvalue weighted by atomic mass is 10.0. The highest BCUT2D eigenvalue weighted by Gasteiger charge is 2.24. The maximum absolute atomic E-state index is 13.6. The molecule has 0 amide bonds. The summed E-state index contributed by atoms with van der Waals surface area (Å²) >= 11 is 0. The van der Waals surface area contributed by atoms with Gasteiger partial charge in [0.25, 0.3) is 5.56 Å². The van der Waals surface area contributed by atoms with Gasteiger partial charge in [0.2, 0.25) is 0 Å². The van der Waals surface area contributed by atoms with Crippen molar-refractivity contribution in [3.63, 3.8) is 0 Å². The molecule has 0 aliphatic rings. The fraction of sp³-hybridized carbons (Fsp3) is 0.565. The van der Waals surface area contributed by atoms with Gasteiger partial charge in [-0.2, -0.15) is 0 Å². The summed E-state index contributed by atoms with van der Waals surface area (Å²) in [6.45, 7) is 16.1. The number of benzene rings is 1. The zero-order valence-electron chi connectivity index (χ0n) is 18.7. The van der Waals surface area contributed by atoms with Gasteiger partial charge in [-0.05, 0) is 64.7 Å². The first kappa shape index (κ1) is 22.0. The number of aromatic nitrogens is 2. The van der Waals surface area contributed by atoms with E-state index in [-0.39, 0.29) is 11.6 Å². The maximum atomic E-state index is 13.6. The fourth-order valence-electron chi connectivity index (χ4n) is 3.90. The van der Waals surface area contributed by atoms with E-state index in [2.05, 4.69) is 24.8 Å². The summed E-state index contributed by atoms with van der Waals surface area (Å²) in [7, 11) is 1.67. The van der Waals surface area contributed by atoms with Crippen LogP contribution in [0, 0.1) is 20.8 Å². The lowest BCUT2D eigenvalue weighted by molar-refractivity contribution is 0.414. The molecule has 5 nitrogen and oxygen atoms in total. The number of anilines is 1. The molecule has 0 atom stereocenters. The van der Waals surface area contributed by atoms with Crippen LogP contribution in [-0.2, 0) is 0 Å². The minimum atomic E-state index is -0.00939. The summed E-state index contributed by atoms with van der Waals surface area (Å²) in [4.78, 5) is 20.8. The second-order valence-electron chi connectivity index (χ2n) is 7.78. The van der Waals surface area contributed by atoms with Crippen LogP contribution in [0.4, 0.5) is 5.69 Å². The Morgan fingerprint density at radius 1 is 1.11 bits per heavy atom. The van der Waals surface area contributed by atoms with Crippen molar-refractivity contribution >= 4 is 5.69 Å². The first-order valence-electron chi connectivity index (χ1n) is 10.3. The SMILES string of the molecule is CCCN(CCC)c1c(C)nc(-c2c(C)cc(C)cc2OC)n(C(C)C)c1=O. The summed E-state index contributed by atoms with van der Waals surface area (Å²) in [6.07, 6.45) is 1.99. The molecular weight excluding hydrogens is 350 g/mol. The van der Waals surface area contributed by atoms with Crippen LogP contribution in [0.5, 0.6) is 5.75 Å². The third-order valence-corrected chi connectivity index (χ3v) is 4.97. The molecule has 1 aromatic carbocycles. The van der Waals surface area contributed by atoms with Crippen molar-refractivity contribution in [2.45, 2.75) is 67.3 Å². The molecule has 0 radical (unpaired) electrons. The lowest BCUT2D eigenvalue weighted by Gasteiger charge is -2.27. The quantitative estimate of drug-likeness (QED) is 0.638. The second-order valence-corrected chi connectivity index (χ2v) is 7.78. The van der Waals surface area contributed by atoms with E-state index in [1.807, 2.05) is 45.3 Å². The van der Waals surface area contributed by atoms with E-state index in [0.29, 0.717) is 5.82 Å². The molecule has 0 fully saturated rings. The Labute approximate surface area is 169 Å². The normalized spacial score (nSPS) is 11.2. The van der Waals surface area contributed by atoms with Gasteiger partial charge >= 0.3 is 0 Å². The van der Waals surface area contributed by atoms with Crippen LogP contribution in [0.25, 0.3) is 11.4 Å². The van der Waals surface area contributed by atoms with Crippen LogP contribution in [0.1, 0.15) is 63.4 Å². The number of methoxy groups -OCH3 is 1. The molecule has 0 unspecified atom stereocenters. The third kappa shape index (κ3) is 4.23. The summed E-state index contributed by atoms with van der Waals surface area (Å²) in [6, 6.07) is 4.10. The van der Waals surface area contributed by atoms with Gasteiger partial charge in [-0.3, -0.25) is 9.36 Å². The molecule has 28 heavy (non-hydrogen) atoms. The first-order chi connectivity index (χ1) is 13.3. The summed E-state index contributed by atoms with van der Waals surface area (Å²) in [5.74, 6) is 1.44. The third-order valence-electron chi connectivity index (χ3n) is 4.97. The van der Waals surface area contributed by atoms with Crippen molar-refractivity contribution in [1.29, 1.82) is 0 Å². The van der Waals surface area contributed by atoms with Gasteiger partial charge < -0.3 is 9.64 Å². The minimum Gasteiger partial charge on any atom is -0.496 e. The molecule has 154 valence electrons. The number of ether oxygens (including phenoxy) is 1. The van der Waals surface area contributed by atoms with Gasteiger partial charge in [0.05, 0.1) is 18.4 Å². The maximum Gasteiger partial charge on any atom is 0.277 e. The molecule has 0 aliphatic carbocycles. The summed E-state index contributed by atoms with van der Waals surface area (Å²) in [5.41, 5.74) is 4.62. The Hall–Kier alpha value is -2.30. The van der Waals surface area contributed by atoms with Crippen molar-refractivity contribution in [1.82, 2.24) is 9.55 Å². The van der Waals surface area contributed by atoms with E-state index >= 15 is 0 Å². The van der Waals surface area contributed by atoms with E-state index in [1.165, 1.54) is 0 Å². The Bertz CT molecular complexity index is 878.